The summed E-state index contributed by atoms with van der Waals surface area (Å²) in [6, 6.07) is 10.4. The highest BCUT2D eigenvalue weighted by atomic mass is 16.3. The molecule has 1 aromatic carbocycles. The van der Waals surface area contributed by atoms with Gasteiger partial charge in [0.05, 0.1) is 12.8 Å². The predicted molar refractivity (Wildman–Crippen MR) is 95.4 cm³/mol. The Kier molecular flexibility index (Phi) is 5.68. The third kappa shape index (κ3) is 4.72. The quantitative estimate of drug-likeness (QED) is 0.831. The van der Waals surface area contributed by atoms with Gasteiger partial charge in [-0.15, -0.1) is 0 Å². The van der Waals surface area contributed by atoms with E-state index in [1.165, 1.54) is 6.26 Å². The van der Waals surface area contributed by atoms with Crippen LogP contribution in [0, 0.1) is 0 Å². The minimum Gasteiger partial charge on any atom is -0.459 e. The summed E-state index contributed by atoms with van der Waals surface area (Å²) < 4.78 is 5.06. The number of nitrogens with one attached hydrogen (secondary N) is 2. The summed E-state index contributed by atoms with van der Waals surface area (Å²) >= 11 is 0. The first-order valence-electron chi connectivity index (χ1n) is 8.60. The van der Waals surface area contributed by atoms with Crippen LogP contribution < -0.4 is 10.6 Å². The summed E-state index contributed by atoms with van der Waals surface area (Å²) in [4.78, 5) is 37.4. The van der Waals surface area contributed by atoms with Crippen molar-refractivity contribution in [1.29, 1.82) is 0 Å². The third-order valence-electron chi connectivity index (χ3n) is 4.18. The highest BCUT2D eigenvalue weighted by Crippen LogP contribution is 2.13. The van der Waals surface area contributed by atoms with Crippen molar-refractivity contribution in [3.63, 3.8) is 0 Å². The molecule has 1 fully saturated rings. The van der Waals surface area contributed by atoms with Crippen molar-refractivity contribution in [2.24, 2.45) is 0 Å². The van der Waals surface area contributed by atoms with Gasteiger partial charge in [-0.25, -0.2) is 0 Å². The maximum absolute atomic E-state index is 12.1. The van der Waals surface area contributed by atoms with E-state index in [4.69, 9.17) is 4.42 Å². The Morgan fingerprint density at radius 2 is 2.04 bits per heavy atom. The number of hydrogen-bond donors (Lipinski definition) is 2. The monoisotopic (exact) mass is 355 g/mol. The number of rotatable bonds is 6. The molecule has 3 rings (SSSR count). The van der Waals surface area contributed by atoms with Crippen molar-refractivity contribution in [2.45, 2.75) is 25.8 Å². The minimum absolute atomic E-state index is 0.0361. The largest absolute Gasteiger partial charge is 0.459 e. The zero-order valence-corrected chi connectivity index (χ0v) is 14.4. The van der Waals surface area contributed by atoms with Crippen LogP contribution in [0.25, 0.3) is 0 Å². The molecule has 7 nitrogen and oxygen atoms in total. The van der Waals surface area contributed by atoms with Crippen molar-refractivity contribution in [2.75, 3.05) is 18.4 Å². The fourth-order valence-corrected chi connectivity index (χ4v) is 2.82. The molecule has 0 radical (unpaired) electrons. The molecule has 1 aliphatic rings. The van der Waals surface area contributed by atoms with Crippen LogP contribution in [0.4, 0.5) is 5.69 Å². The van der Waals surface area contributed by atoms with Gasteiger partial charge in [0, 0.05) is 25.2 Å². The van der Waals surface area contributed by atoms with Crippen LogP contribution in [0.5, 0.6) is 0 Å². The number of benzene rings is 1. The van der Waals surface area contributed by atoms with Gasteiger partial charge in [-0.2, -0.15) is 0 Å². The van der Waals surface area contributed by atoms with E-state index in [1.807, 2.05) is 6.07 Å². The van der Waals surface area contributed by atoms with Crippen LogP contribution >= 0.6 is 0 Å². The molecule has 1 aromatic heterocycles. The van der Waals surface area contributed by atoms with Crippen molar-refractivity contribution < 1.29 is 18.8 Å². The van der Waals surface area contributed by atoms with E-state index >= 15 is 0 Å². The second-order valence-electron chi connectivity index (χ2n) is 6.18. The number of carbonyl (C=O) groups is 3. The van der Waals surface area contributed by atoms with Crippen molar-refractivity contribution >= 4 is 23.4 Å². The lowest BCUT2D eigenvalue weighted by Gasteiger charge is -2.25. The predicted octanol–water partition coefficient (Wildman–Crippen LogP) is 2.16. The second-order valence-corrected chi connectivity index (χ2v) is 6.18. The van der Waals surface area contributed by atoms with Crippen LogP contribution in [-0.2, 0) is 16.1 Å². The third-order valence-corrected chi connectivity index (χ3v) is 4.18. The first-order chi connectivity index (χ1) is 12.6. The van der Waals surface area contributed by atoms with Crippen molar-refractivity contribution in [1.82, 2.24) is 10.2 Å². The molecule has 2 heterocycles. The van der Waals surface area contributed by atoms with Gasteiger partial charge in [0.25, 0.3) is 5.91 Å². The number of anilines is 1. The van der Waals surface area contributed by atoms with E-state index in [9.17, 15) is 14.4 Å². The fraction of sp³-hybridized carbons (Fsp3) is 0.316. The molecule has 0 atom stereocenters. The van der Waals surface area contributed by atoms with E-state index in [0.29, 0.717) is 25.2 Å². The molecule has 1 saturated heterocycles. The number of amides is 3. The summed E-state index contributed by atoms with van der Waals surface area (Å²) in [5.41, 5.74) is 1.46. The lowest BCUT2D eigenvalue weighted by atomic mass is 10.1. The van der Waals surface area contributed by atoms with E-state index in [-0.39, 0.29) is 30.0 Å². The first-order valence-corrected chi connectivity index (χ1v) is 8.60. The normalized spacial score (nSPS) is 14.2. The van der Waals surface area contributed by atoms with Crippen molar-refractivity contribution in [3.05, 3.63) is 54.0 Å². The number of furan rings is 1. The molecule has 1 aliphatic heterocycles. The number of piperidine rings is 1. The zero-order chi connectivity index (χ0) is 18.4. The molecule has 26 heavy (non-hydrogen) atoms. The molecule has 3 amide bonds. The van der Waals surface area contributed by atoms with Gasteiger partial charge in [-0.05, 0) is 42.7 Å². The molecular weight excluding hydrogens is 334 g/mol. The smallest absolute Gasteiger partial charge is 0.291 e. The number of nitrogens with zero attached hydrogens (tertiary/aromatic N) is 1. The highest BCUT2D eigenvalue weighted by molar-refractivity contribution is 6.02. The van der Waals surface area contributed by atoms with Gasteiger partial charge in [0.2, 0.25) is 11.8 Å². The van der Waals surface area contributed by atoms with Crippen molar-refractivity contribution in [3.8, 4) is 0 Å². The number of hydrogen-bond acceptors (Lipinski definition) is 4. The second kappa shape index (κ2) is 8.33. The van der Waals surface area contributed by atoms with Crippen LogP contribution in [0.1, 0.15) is 35.4 Å². The minimum atomic E-state index is -0.334. The Bertz CT molecular complexity index is 786. The zero-order valence-electron chi connectivity index (χ0n) is 14.4. The van der Waals surface area contributed by atoms with Gasteiger partial charge in [-0.3, -0.25) is 14.4 Å². The molecule has 0 bridgehead atoms. The molecule has 7 heteroatoms. The molecule has 0 saturated carbocycles. The first kappa shape index (κ1) is 17.7. The molecule has 136 valence electrons. The highest BCUT2D eigenvalue weighted by Gasteiger charge is 2.20. The van der Waals surface area contributed by atoms with Gasteiger partial charge < -0.3 is 20.0 Å². The molecular formula is C19H21N3O4. The summed E-state index contributed by atoms with van der Waals surface area (Å²) in [6.45, 7) is 1.06. The topological polar surface area (TPSA) is 91.7 Å². The summed E-state index contributed by atoms with van der Waals surface area (Å²) in [7, 11) is 0. The van der Waals surface area contributed by atoms with Crippen LogP contribution in [-0.4, -0.2) is 35.7 Å². The molecule has 0 spiro atoms. The summed E-state index contributed by atoms with van der Waals surface area (Å²) in [5, 5.41) is 5.56. The van der Waals surface area contributed by atoms with E-state index in [2.05, 4.69) is 10.6 Å². The van der Waals surface area contributed by atoms with Crippen LogP contribution in [0.3, 0.4) is 0 Å². The Hall–Kier alpha value is -3.09. The average Bonchev–Trinajstić information content (AvgIpc) is 3.17. The lowest BCUT2D eigenvalue weighted by Crippen LogP contribution is -2.42. The van der Waals surface area contributed by atoms with E-state index in [0.717, 1.165) is 18.4 Å². The van der Waals surface area contributed by atoms with Gasteiger partial charge in [0.1, 0.15) is 0 Å². The lowest BCUT2D eigenvalue weighted by molar-refractivity contribution is -0.137. The summed E-state index contributed by atoms with van der Waals surface area (Å²) in [5.74, 6) is -0.256. The number of likely N-dealkylation sites (tertiary alicyclic amines) is 1. The Morgan fingerprint density at radius 3 is 2.81 bits per heavy atom. The Labute approximate surface area is 151 Å². The molecule has 0 unspecified atom stereocenters. The number of carbonyl (C=O) groups excluding carboxylic acids is 3. The maximum Gasteiger partial charge on any atom is 0.291 e. The molecule has 0 aliphatic carbocycles. The van der Waals surface area contributed by atoms with Crippen LogP contribution in [0.15, 0.2) is 47.1 Å². The van der Waals surface area contributed by atoms with Crippen LogP contribution in [0.2, 0.25) is 0 Å². The average molecular weight is 355 g/mol. The van der Waals surface area contributed by atoms with Gasteiger partial charge in [0.15, 0.2) is 5.76 Å². The Balaban J connectivity index is 1.51. The van der Waals surface area contributed by atoms with Gasteiger partial charge in [-0.1, -0.05) is 12.1 Å². The van der Waals surface area contributed by atoms with Gasteiger partial charge >= 0.3 is 0 Å². The molecule has 2 N–H and O–H groups in total. The summed E-state index contributed by atoms with van der Waals surface area (Å²) in [6.07, 6.45) is 3.79. The van der Waals surface area contributed by atoms with E-state index < -0.39 is 0 Å². The SMILES string of the molecule is O=C(CN1CCCCC1=O)NCc1cccc(NC(=O)c2ccco2)c1. The standard InChI is InChI=1S/C19H21N3O4/c23-17(13-22-9-2-1-8-18(22)24)20-12-14-5-3-6-15(11-14)21-19(25)16-7-4-10-26-16/h3-7,10-11H,1-2,8-9,12-13H2,(H,20,23)(H,21,25). The van der Waals surface area contributed by atoms with E-state index in [1.54, 1.807) is 35.2 Å². The Morgan fingerprint density at radius 1 is 1.15 bits per heavy atom. The fourth-order valence-electron chi connectivity index (χ4n) is 2.82. The molecule has 2 aromatic rings. The maximum atomic E-state index is 12.1.